The third-order valence-corrected chi connectivity index (χ3v) is 4.28. The lowest BCUT2D eigenvalue weighted by Gasteiger charge is -2.20. The summed E-state index contributed by atoms with van der Waals surface area (Å²) in [4.78, 5) is 3.88. The predicted octanol–water partition coefficient (Wildman–Crippen LogP) is 0.0568. The van der Waals surface area contributed by atoms with Gasteiger partial charge in [0, 0.05) is 32.0 Å². The second-order valence-electron chi connectivity index (χ2n) is 3.49. The summed E-state index contributed by atoms with van der Waals surface area (Å²) in [6.07, 6.45) is 1.77. The van der Waals surface area contributed by atoms with Gasteiger partial charge in [-0.1, -0.05) is 6.92 Å². The third-order valence-electron chi connectivity index (χ3n) is 2.31. The van der Waals surface area contributed by atoms with Gasteiger partial charge < -0.3 is 10.8 Å². The highest BCUT2D eigenvalue weighted by Crippen LogP contribution is 2.16. The van der Waals surface area contributed by atoms with Gasteiger partial charge in [-0.05, 0) is 12.5 Å². The summed E-state index contributed by atoms with van der Waals surface area (Å²) in [6, 6.07) is 2.74. The summed E-state index contributed by atoms with van der Waals surface area (Å²) in [6.45, 7) is 2.35. The van der Waals surface area contributed by atoms with E-state index in [1.165, 1.54) is 22.6 Å². The first-order valence-corrected chi connectivity index (χ1v) is 6.79. The first-order valence-electron chi connectivity index (χ1n) is 5.35. The van der Waals surface area contributed by atoms with Crippen LogP contribution in [0.5, 0.6) is 0 Å². The van der Waals surface area contributed by atoms with E-state index in [0.717, 1.165) is 0 Å². The van der Waals surface area contributed by atoms with Crippen molar-refractivity contribution >= 4 is 15.8 Å². The number of rotatable bonds is 6. The van der Waals surface area contributed by atoms with E-state index < -0.39 is 10.0 Å². The van der Waals surface area contributed by atoms with Crippen molar-refractivity contribution in [3.05, 3.63) is 18.3 Å². The SMILES string of the molecule is CCN(CCCO)S(=O)(=O)c1ccnc(N)c1. The van der Waals surface area contributed by atoms with Crippen molar-refractivity contribution in [3.8, 4) is 0 Å². The molecule has 7 heteroatoms. The van der Waals surface area contributed by atoms with Crippen LogP contribution in [0.25, 0.3) is 0 Å². The van der Waals surface area contributed by atoms with Gasteiger partial charge in [-0.25, -0.2) is 13.4 Å². The minimum Gasteiger partial charge on any atom is -0.396 e. The molecule has 0 amide bonds. The summed E-state index contributed by atoms with van der Waals surface area (Å²) < 4.78 is 25.7. The average molecular weight is 259 g/mol. The Morgan fingerprint density at radius 1 is 1.53 bits per heavy atom. The average Bonchev–Trinajstić information content (AvgIpc) is 2.30. The summed E-state index contributed by atoms with van der Waals surface area (Å²) in [5.74, 6) is 0.171. The second-order valence-corrected chi connectivity index (χ2v) is 5.43. The molecule has 17 heavy (non-hydrogen) atoms. The van der Waals surface area contributed by atoms with Gasteiger partial charge in [-0.15, -0.1) is 0 Å². The molecule has 0 saturated carbocycles. The van der Waals surface area contributed by atoms with Crippen molar-refractivity contribution in [1.29, 1.82) is 0 Å². The maximum absolute atomic E-state index is 12.2. The molecule has 6 nitrogen and oxygen atoms in total. The monoisotopic (exact) mass is 259 g/mol. The zero-order chi connectivity index (χ0) is 12.9. The smallest absolute Gasteiger partial charge is 0.243 e. The number of aliphatic hydroxyl groups is 1. The summed E-state index contributed by atoms with van der Waals surface area (Å²) in [5, 5.41) is 8.74. The van der Waals surface area contributed by atoms with Crippen molar-refractivity contribution in [2.75, 3.05) is 25.4 Å². The molecule has 0 saturated heterocycles. The Bertz CT molecular complexity index is 462. The lowest BCUT2D eigenvalue weighted by Crippen LogP contribution is -2.32. The number of nitrogen functional groups attached to an aromatic ring is 1. The number of sulfonamides is 1. The van der Waals surface area contributed by atoms with Crippen LogP contribution in [-0.2, 0) is 10.0 Å². The van der Waals surface area contributed by atoms with Crippen molar-refractivity contribution < 1.29 is 13.5 Å². The topological polar surface area (TPSA) is 96.5 Å². The number of hydrogen-bond acceptors (Lipinski definition) is 5. The Morgan fingerprint density at radius 3 is 2.76 bits per heavy atom. The van der Waals surface area contributed by atoms with Crippen LogP contribution in [-0.4, -0.2) is 42.5 Å². The number of anilines is 1. The molecule has 1 aromatic rings. The standard InChI is InChI=1S/C10H17N3O3S/c1-2-13(6-3-7-14)17(15,16)9-4-5-12-10(11)8-9/h4-5,8,14H,2-3,6-7H2,1H3,(H2,11,12). The van der Waals surface area contributed by atoms with E-state index in [4.69, 9.17) is 10.8 Å². The Balaban J connectivity index is 3.00. The van der Waals surface area contributed by atoms with Crippen LogP contribution in [0.1, 0.15) is 13.3 Å². The molecule has 1 heterocycles. The first kappa shape index (κ1) is 13.9. The molecule has 1 rings (SSSR count). The minimum atomic E-state index is -3.54. The highest BCUT2D eigenvalue weighted by atomic mass is 32.2. The molecule has 0 aliphatic heterocycles. The number of nitrogens with two attached hydrogens (primary N) is 1. The molecule has 0 unspecified atom stereocenters. The van der Waals surface area contributed by atoms with Crippen LogP contribution in [0.3, 0.4) is 0 Å². The Morgan fingerprint density at radius 2 is 2.24 bits per heavy atom. The van der Waals surface area contributed by atoms with Gasteiger partial charge in [0.1, 0.15) is 5.82 Å². The van der Waals surface area contributed by atoms with Crippen LogP contribution in [0.15, 0.2) is 23.2 Å². The van der Waals surface area contributed by atoms with Gasteiger partial charge in [0.15, 0.2) is 0 Å². The van der Waals surface area contributed by atoms with Crippen LogP contribution >= 0.6 is 0 Å². The van der Waals surface area contributed by atoms with E-state index in [0.29, 0.717) is 13.0 Å². The quantitative estimate of drug-likeness (QED) is 0.753. The van der Waals surface area contributed by atoms with E-state index in [9.17, 15) is 8.42 Å². The second kappa shape index (κ2) is 5.95. The van der Waals surface area contributed by atoms with Gasteiger partial charge in [0.05, 0.1) is 4.90 Å². The van der Waals surface area contributed by atoms with Crippen molar-refractivity contribution in [2.45, 2.75) is 18.2 Å². The molecule has 0 aromatic carbocycles. The van der Waals surface area contributed by atoms with Crippen LogP contribution in [0.4, 0.5) is 5.82 Å². The zero-order valence-electron chi connectivity index (χ0n) is 9.70. The number of nitrogens with zero attached hydrogens (tertiary/aromatic N) is 2. The molecule has 0 radical (unpaired) electrons. The molecule has 0 spiro atoms. The normalized spacial score (nSPS) is 11.9. The minimum absolute atomic E-state index is 0.0372. The summed E-state index contributed by atoms with van der Waals surface area (Å²) in [5.41, 5.74) is 5.46. The molecular formula is C10H17N3O3S. The molecular weight excluding hydrogens is 242 g/mol. The predicted molar refractivity (Wildman–Crippen MR) is 64.8 cm³/mol. The highest BCUT2D eigenvalue weighted by molar-refractivity contribution is 7.89. The van der Waals surface area contributed by atoms with Gasteiger partial charge in [-0.3, -0.25) is 0 Å². The molecule has 3 N–H and O–H groups in total. The third kappa shape index (κ3) is 3.39. The van der Waals surface area contributed by atoms with E-state index in [1.807, 2.05) is 0 Å². The Labute approximate surface area is 101 Å². The molecule has 0 aliphatic carbocycles. The number of pyridine rings is 1. The van der Waals surface area contributed by atoms with Gasteiger partial charge in [0.25, 0.3) is 0 Å². The van der Waals surface area contributed by atoms with Crippen LogP contribution < -0.4 is 5.73 Å². The van der Waals surface area contributed by atoms with Crippen molar-refractivity contribution in [1.82, 2.24) is 9.29 Å². The highest BCUT2D eigenvalue weighted by Gasteiger charge is 2.22. The fourth-order valence-corrected chi connectivity index (χ4v) is 2.94. The summed E-state index contributed by atoms with van der Waals surface area (Å²) >= 11 is 0. The fourth-order valence-electron chi connectivity index (χ4n) is 1.43. The first-order chi connectivity index (χ1) is 8.02. The fraction of sp³-hybridized carbons (Fsp3) is 0.500. The van der Waals surface area contributed by atoms with E-state index in [-0.39, 0.29) is 23.9 Å². The largest absolute Gasteiger partial charge is 0.396 e. The lowest BCUT2D eigenvalue weighted by atomic mass is 10.4. The Hall–Kier alpha value is -1.18. The van der Waals surface area contributed by atoms with Crippen molar-refractivity contribution in [3.63, 3.8) is 0 Å². The molecule has 0 fully saturated rings. The van der Waals surface area contributed by atoms with Gasteiger partial charge in [-0.2, -0.15) is 4.31 Å². The molecule has 96 valence electrons. The van der Waals surface area contributed by atoms with Crippen LogP contribution in [0, 0.1) is 0 Å². The van der Waals surface area contributed by atoms with E-state index >= 15 is 0 Å². The van der Waals surface area contributed by atoms with Gasteiger partial charge in [0.2, 0.25) is 10.0 Å². The maximum Gasteiger partial charge on any atom is 0.243 e. The maximum atomic E-state index is 12.2. The van der Waals surface area contributed by atoms with Crippen LogP contribution in [0.2, 0.25) is 0 Å². The molecule has 0 atom stereocenters. The number of hydrogen-bond donors (Lipinski definition) is 2. The number of aromatic nitrogens is 1. The molecule has 0 bridgehead atoms. The zero-order valence-corrected chi connectivity index (χ0v) is 10.5. The lowest BCUT2D eigenvalue weighted by molar-refractivity contribution is 0.271. The summed E-state index contributed by atoms with van der Waals surface area (Å²) in [7, 11) is -3.54. The number of aliphatic hydroxyl groups excluding tert-OH is 1. The van der Waals surface area contributed by atoms with E-state index in [1.54, 1.807) is 6.92 Å². The Kier molecular flexibility index (Phi) is 4.86. The van der Waals surface area contributed by atoms with E-state index in [2.05, 4.69) is 4.98 Å². The van der Waals surface area contributed by atoms with Crippen molar-refractivity contribution in [2.24, 2.45) is 0 Å². The van der Waals surface area contributed by atoms with Gasteiger partial charge >= 0.3 is 0 Å². The molecule has 0 aliphatic rings. The molecule has 1 aromatic heterocycles.